The second kappa shape index (κ2) is 18.0. The zero-order chi connectivity index (χ0) is 49.9. The van der Waals surface area contributed by atoms with Crippen LogP contribution in [0.1, 0.15) is 79.0 Å². The first-order chi connectivity index (χ1) is 34.6. The van der Waals surface area contributed by atoms with Gasteiger partial charge in [-0.1, -0.05) is 232 Å². The first-order valence-corrected chi connectivity index (χ1v) is 25.6. The highest BCUT2D eigenvalue weighted by atomic mass is 15.1. The molecule has 0 atom stereocenters. The van der Waals surface area contributed by atoms with Crippen LogP contribution in [0, 0.1) is 0 Å². The minimum absolute atomic E-state index is 0.0142. The number of anilines is 3. The third kappa shape index (κ3) is 8.60. The van der Waals surface area contributed by atoms with Gasteiger partial charge in [0.2, 0.25) is 0 Å². The molecule has 0 aliphatic carbocycles. The van der Waals surface area contributed by atoms with Crippen LogP contribution in [-0.2, 0) is 16.2 Å². The van der Waals surface area contributed by atoms with Gasteiger partial charge in [0.25, 0.3) is 0 Å². The van der Waals surface area contributed by atoms with E-state index in [1.165, 1.54) is 93.8 Å². The van der Waals surface area contributed by atoms with Gasteiger partial charge in [0.1, 0.15) is 0 Å². The van der Waals surface area contributed by atoms with Gasteiger partial charge in [-0.2, -0.15) is 0 Å². The van der Waals surface area contributed by atoms with Gasteiger partial charge in [-0.05, 0) is 132 Å². The van der Waals surface area contributed by atoms with Crippen LogP contribution < -0.4 is 4.90 Å². The van der Waals surface area contributed by atoms with Crippen LogP contribution in [0.2, 0.25) is 0 Å². The third-order valence-electron chi connectivity index (χ3n) is 14.7. The summed E-state index contributed by atoms with van der Waals surface area (Å²) in [6.45, 7) is 20.9. The molecule has 0 N–H and O–H groups in total. The summed E-state index contributed by atoms with van der Waals surface area (Å²) in [6, 6.07) is 83.6. The lowest BCUT2D eigenvalue weighted by molar-refractivity contribution is 0.569. The highest BCUT2D eigenvalue weighted by molar-refractivity contribution is 6.11. The van der Waals surface area contributed by atoms with E-state index < -0.39 is 0 Å². The van der Waals surface area contributed by atoms with Gasteiger partial charge in [-0.15, -0.1) is 0 Å². The van der Waals surface area contributed by atoms with E-state index >= 15 is 0 Å². The smallest absolute Gasteiger partial charge is 0.0543 e. The van der Waals surface area contributed by atoms with E-state index in [0.717, 1.165) is 22.7 Å². The van der Waals surface area contributed by atoms with Gasteiger partial charge in [-0.3, -0.25) is 0 Å². The molecule has 0 aliphatic rings. The summed E-state index contributed by atoms with van der Waals surface area (Å²) in [6.07, 6.45) is 0. The van der Waals surface area contributed by atoms with Gasteiger partial charge in [-0.25, -0.2) is 0 Å². The van der Waals surface area contributed by atoms with Crippen molar-refractivity contribution in [1.29, 1.82) is 0 Å². The molecule has 1 heterocycles. The number of aromatic nitrogens is 1. The van der Waals surface area contributed by atoms with Crippen LogP contribution in [0.3, 0.4) is 0 Å². The molecule has 354 valence electrons. The summed E-state index contributed by atoms with van der Waals surface area (Å²) >= 11 is 0. The maximum absolute atomic E-state index is 2.52. The Hall–Kier alpha value is -7.94. The summed E-state index contributed by atoms with van der Waals surface area (Å²) < 4.78 is 2.38. The fourth-order valence-corrected chi connectivity index (χ4v) is 10.6. The van der Waals surface area contributed by atoms with Gasteiger partial charge in [0.05, 0.1) is 22.4 Å². The highest BCUT2D eigenvalue weighted by Crippen LogP contribution is 2.49. The Labute approximate surface area is 426 Å². The van der Waals surface area contributed by atoms with Crippen molar-refractivity contribution in [1.82, 2.24) is 4.57 Å². The summed E-state index contributed by atoms with van der Waals surface area (Å²) in [4.78, 5) is 2.52. The predicted octanol–water partition coefficient (Wildman–Crippen LogP) is 20.0. The second-order valence-electron chi connectivity index (χ2n) is 22.7. The minimum atomic E-state index is -0.0840. The molecule has 72 heavy (non-hydrogen) atoms. The molecular weight excluding hydrogens is 869 g/mol. The number of hydrogen-bond donors (Lipinski definition) is 0. The van der Waals surface area contributed by atoms with E-state index in [0.29, 0.717) is 0 Å². The predicted molar refractivity (Wildman–Crippen MR) is 311 cm³/mol. The zero-order valence-electron chi connectivity index (χ0n) is 43.3. The van der Waals surface area contributed by atoms with Crippen molar-refractivity contribution in [3.8, 4) is 50.2 Å². The van der Waals surface area contributed by atoms with Crippen molar-refractivity contribution in [3.05, 3.63) is 241 Å². The van der Waals surface area contributed by atoms with E-state index in [4.69, 9.17) is 0 Å². The Bertz CT molecular complexity index is 3740. The van der Waals surface area contributed by atoms with Gasteiger partial charge in [0, 0.05) is 33.3 Å². The number of hydrogen-bond acceptors (Lipinski definition) is 1. The molecule has 0 amide bonds. The van der Waals surface area contributed by atoms with Crippen LogP contribution in [-0.4, -0.2) is 4.57 Å². The summed E-state index contributed by atoms with van der Waals surface area (Å²) in [5.74, 6) is 0. The fraction of sp³-hybridized carbons (Fsp3) is 0.171. The Kier molecular flexibility index (Phi) is 11.6. The summed E-state index contributed by atoms with van der Waals surface area (Å²) in [5, 5.41) is 4.97. The molecule has 0 aliphatic heterocycles. The number of rotatable bonds is 8. The summed E-state index contributed by atoms with van der Waals surface area (Å²) in [7, 11) is 0. The average Bonchev–Trinajstić information content (AvgIpc) is 3.72. The molecule has 10 aromatic carbocycles. The fourth-order valence-electron chi connectivity index (χ4n) is 10.6. The normalized spacial score (nSPS) is 12.2. The molecule has 0 fully saturated rings. The Morgan fingerprint density at radius 3 is 1.57 bits per heavy atom. The van der Waals surface area contributed by atoms with Gasteiger partial charge < -0.3 is 9.47 Å². The van der Waals surface area contributed by atoms with Crippen LogP contribution >= 0.6 is 0 Å². The lowest BCUT2D eigenvalue weighted by Gasteiger charge is -2.32. The zero-order valence-corrected chi connectivity index (χ0v) is 43.3. The minimum Gasteiger partial charge on any atom is -0.309 e. The molecule has 0 unspecified atom stereocenters. The van der Waals surface area contributed by atoms with Crippen LogP contribution in [0.4, 0.5) is 17.1 Å². The third-order valence-corrected chi connectivity index (χ3v) is 14.7. The lowest BCUT2D eigenvalue weighted by Crippen LogP contribution is -2.16. The topological polar surface area (TPSA) is 8.17 Å². The quantitative estimate of drug-likeness (QED) is 0.147. The van der Waals surface area contributed by atoms with E-state index in [2.05, 4.69) is 296 Å². The first-order valence-electron chi connectivity index (χ1n) is 25.6. The van der Waals surface area contributed by atoms with E-state index in [1.54, 1.807) is 0 Å². The van der Waals surface area contributed by atoms with Gasteiger partial charge >= 0.3 is 0 Å². The molecule has 0 spiro atoms. The molecule has 0 saturated carbocycles. The van der Waals surface area contributed by atoms with Crippen molar-refractivity contribution in [3.63, 3.8) is 0 Å². The van der Waals surface area contributed by atoms with Crippen molar-refractivity contribution in [2.75, 3.05) is 4.90 Å². The maximum atomic E-state index is 2.52. The first kappa shape index (κ1) is 46.4. The molecule has 11 aromatic rings. The van der Waals surface area contributed by atoms with Crippen molar-refractivity contribution in [2.45, 2.75) is 78.6 Å². The molecule has 0 radical (unpaired) electrons. The molecular formula is C70H64N2. The standard InChI is InChI=1S/C70H64N2/c1-68(2,3)52-37-40-57(48-22-12-10-13-23-48)66(46-52)72(56-38-34-47(35-39-56)50-36-41-65-62(44-50)60-29-17-19-33-64(60)71(65)55-26-14-11-15-27-55)63-32-18-16-28-59(63)61-31-21-25-49-24-20-30-58(67(49)61)51-42-53(69(4,5)6)45-54(43-51)70(7,8)9/h10-46H,1-9H3. The number of fused-ring (bicyclic) bond motifs is 4. The maximum Gasteiger partial charge on any atom is 0.0543 e. The Morgan fingerprint density at radius 1 is 0.319 bits per heavy atom. The molecule has 11 rings (SSSR count). The SMILES string of the molecule is CC(C)(C)c1cc(-c2cccc3cccc(-c4ccccc4N(c4ccc(-c5ccc6c(c5)c5ccccc5n6-c5ccccc5)cc4)c4cc(C(C)(C)C)ccc4-c4ccccc4)c23)cc(C(C)(C)C)c1. The van der Waals surface area contributed by atoms with Crippen molar-refractivity contribution < 1.29 is 0 Å². The van der Waals surface area contributed by atoms with Crippen LogP contribution in [0.25, 0.3) is 82.8 Å². The number of para-hydroxylation sites is 3. The van der Waals surface area contributed by atoms with Crippen molar-refractivity contribution >= 4 is 49.6 Å². The molecule has 0 saturated heterocycles. The molecule has 1 aromatic heterocycles. The largest absolute Gasteiger partial charge is 0.309 e. The summed E-state index contributed by atoms with van der Waals surface area (Å²) in [5.41, 5.74) is 20.3. The average molecular weight is 933 g/mol. The molecule has 2 heteroatoms. The highest BCUT2D eigenvalue weighted by Gasteiger charge is 2.26. The lowest BCUT2D eigenvalue weighted by atomic mass is 9.78. The number of benzene rings is 10. The van der Waals surface area contributed by atoms with E-state index in [9.17, 15) is 0 Å². The Balaban J connectivity index is 1.13. The second-order valence-corrected chi connectivity index (χ2v) is 22.7. The van der Waals surface area contributed by atoms with Crippen LogP contribution in [0.15, 0.2) is 224 Å². The monoisotopic (exact) mass is 933 g/mol. The molecule has 0 bridgehead atoms. The van der Waals surface area contributed by atoms with E-state index in [-0.39, 0.29) is 16.2 Å². The molecule has 2 nitrogen and oxygen atoms in total. The number of nitrogens with zero attached hydrogens (tertiary/aromatic N) is 2. The Morgan fingerprint density at radius 2 is 0.889 bits per heavy atom. The van der Waals surface area contributed by atoms with Gasteiger partial charge in [0.15, 0.2) is 0 Å². The van der Waals surface area contributed by atoms with Crippen LogP contribution in [0.5, 0.6) is 0 Å². The van der Waals surface area contributed by atoms with Crippen molar-refractivity contribution in [2.24, 2.45) is 0 Å². The van der Waals surface area contributed by atoms with E-state index in [1.807, 2.05) is 0 Å².